The number of carbonyl (C=O) groups is 1. The van der Waals surface area contributed by atoms with E-state index in [1.165, 1.54) is 6.20 Å². The van der Waals surface area contributed by atoms with Crippen LogP contribution in [0.25, 0.3) is 0 Å². The highest BCUT2D eigenvalue weighted by molar-refractivity contribution is 5.94. The minimum Gasteiger partial charge on any atom is -0.478 e. The van der Waals surface area contributed by atoms with Gasteiger partial charge in [0.05, 0.1) is 25.0 Å². The number of rotatable bonds is 5. The monoisotopic (exact) mass is 280 g/mol. The first-order chi connectivity index (χ1) is 9.61. The number of anilines is 1. The van der Waals surface area contributed by atoms with E-state index >= 15 is 0 Å². The van der Waals surface area contributed by atoms with Gasteiger partial charge in [-0.15, -0.1) is 0 Å². The molecule has 6 nitrogen and oxygen atoms in total. The van der Waals surface area contributed by atoms with Crippen molar-refractivity contribution >= 4 is 11.7 Å². The van der Waals surface area contributed by atoms with E-state index in [-0.39, 0.29) is 18.3 Å². The van der Waals surface area contributed by atoms with Crippen LogP contribution in [-0.4, -0.2) is 53.6 Å². The van der Waals surface area contributed by atoms with E-state index in [9.17, 15) is 9.90 Å². The van der Waals surface area contributed by atoms with E-state index in [2.05, 4.69) is 9.88 Å². The minimum absolute atomic E-state index is 0.0346. The van der Waals surface area contributed by atoms with Crippen molar-refractivity contribution < 1.29 is 19.7 Å². The number of aromatic carboxylic acids is 1. The van der Waals surface area contributed by atoms with Crippen molar-refractivity contribution in [3.05, 3.63) is 23.5 Å². The first-order valence-corrected chi connectivity index (χ1v) is 6.79. The van der Waals surface area contributed by atoms with Crippen molar-refractivity contribution in [3.8, 4) is 0 Å². The van der Waals surface area contributed by atoms with Crippen molar-refractivity contribution in [2.75, 3.05) is 31.2 Å². The van der Waals surface area contributed by atoms with Gasteiger partial charge in [0, 0.05) is 25.0 Å². The van der Waals surface area contributed by atoms with Crippen molar-refractivity contribution in [1.29, 1.82) is 0 Å². The second-order valence-electron chi connectivity index (χ2n) is 4.93. The van der Waals surface area contributed by atoms with Gasteiger partial charge in [-0.2, -0.15) is 0 Å². The zero-order chi connectivity index (χ0) is 14.5. The molecule has 110 valence electrons. The summed E-state index contributed by atoms with van der Waals surface area (Å²) in [4.78, 5) is 17.4. The minimum atomic E-state index is -0.953. The molecule has 1 fully saturated rings. The summed E-state index contributed by atoms with van der Waals surface area (Å²) in [5, 5.41) is 18.0. The van der Waals surface area contributed by atoms with Gasteiger partial charge >= 0.3 is 5.97 Å². The van der Waals surface area contributed by atoms with E-state index in [4.69, 9.17) is 9.84 Å². The van der Waals surface area contributed by atoms with Crippen molar-refractivity contribution in [1.82, 2.24) is 4.98 Å². The Labute approximate surface area is 118 Å². The summed E-state index contributed by atoms with van der Waals surface area (Å²) < 4.78 is 5.51. The van der Waals surface area contributed by atoms with Gasteiger partial charge in [-0.25, -0.2) is 4.79 Å². The second-order valence-corrected chi connectivity index (χ2v) is 4.93. The Morgan fingerprint density at radius 1 is 1.50 bits per heavy atom. The molecule has 2 rings (SSSR count). The summed E-state index contributed by atoms with van der Waals surface area (Å²) in [5.74, 6) is -0.953. The molecule has 2 heterocycles. The molecule has 0 aliphatic carbocycles. The summed E-state index contributed by atoms with van der Waals surface area (Å²) in [5.41, 5.74) is 1.78. The Morgan fingerprint density at radius 2 is 2.20 bits per heavy atom. The van der Waals surface area contributed by atoms with E-state index in [1.807, 2.05) is 13.0 Å². The molecule has 0 atom stereocenters. The van der Waals surface area contributed by atoms with E-state index in [0.717, 1.165) is 37.3 Å². The van der Waals surface area contributed by atoms with Crippen LogP contribution in [0.2, 0.25) is 0 Å². The smallest absolute Gasteiger partial charge is 0.339 e. The molecule has 0 unspecified atom stereocenters. The Morgan fingerprint density at radius 3 is 2.80 bits per heavy atom. The molecule has 0 spiro atoms. The van der Waals surface area contributed by atoms with Gasteiger partial charge in [-0.1, -0.05) is 0 Å². The van der Waals surface area contributed by atoms with Crippen LogP contribution in [-0.2, 0) is 4.74 Å². The quantitative estimate of drug-likeness (QED) is 0.839. The molecule has 0 bridgehead atoms. The lowest BCUT2D eigenvalue weighted by molar-refractivity contribution is 0.0159. The van der Waals surface area contributed by atoms with Gasteiger partial charge in [0.15, 0.2) is 0 Å². The third-order valence-electron chi connectivity index (χ3n) is 3.48. The highest BCUT2D eigenvalue weighted by Gasteiger charge is 2.23. The number of hydrogen-bond donors (Lipinski definition) is 2. The number of ether oxygens (including phenoxy) is 1. The Hall–Kier alpha value is -1.66. The van der Waals surface area contributed by atoms with E-state index in [1.54, 1.807) is 0 Å². The molecule has 1 aromatic rings. The molecular weight excluding hydrogens is 260 g/mol. The number of hydrogen-bond acceptors (Lipinski definition) is 5. The predicted molar refractivity (Wildman–Crippen MR) is 74.2 cm³/mol. The lowest BCUT2D eigenvalue weighted by atomic mass is 10.1. The van der Waals surface area contributed by atoms with Gasteiger partial charge in [-0.05, 0) is 25.8 Å². The van der Waals surface area contributed by atoms with Gasteiger partial charge in [0.1, 0.15) is 5.56 Å². The van der Waals surface area contributed by atoms with Gasteiger partial charge in [0.25, 0.3) is 0 Å². The van der Waals surface area contributed by atoms with Crippen LogP contribution in [0, 0.1) is 6.92 Å². The number of carboxylic acids is 1. The van der Waals surface area contributed by atoms with Crippen molar-refractivity contribution in [2.24, 2.45) is 0 Å². The van der Waals surface area contributed by atoms with E-state index < -0.39 is 5.97 Å². The number of pyridine rings is 1. The molecule has 1 aliphatic heterocycles. The lowest BCUT2D eigenvalue weighted by Crippen LogP contribution is -2.38. The van der Waals surface area contributed by atoms with Crippen LogP contribution in [0.5, 0.6) is 0 Å². The fraction of sp³-hybridized carbons (Fsp3) is 0.571. The maximum atomic E-state index is 11.3. The number of aliphatic hydroxyl groups is 1. The summed E-state index contributed by atoms with van der Waals surface area (Å²) in [6, 6.07) is 1.82. The molecular formula is C14H20N2O4. The molecule has 20 heavy (non-hydrogen) atoms. The fourth-order valence-electron chi connectivity index (χ4n) is 2.45. The molecule has 0 amide bonds. The Kier molecular flexibility index (Phi) is 4.92. The second kappa shape index (κ2) is 6.67. The highest BCUT2D eigenvalue weighted by Crippen LogP contribution is 2.25. The standard InChI is InChI=1S/C14H20N2O4/c1-10-8-13(12(9-15-10)14(18)19)16-4-2-11(3-5-16)20-7-6-17/h8-9,11,17H,2-7H2,1H3,(H,18,19). The maximum absolute atomic E-state index is 11.3. The molecule has 0 saturated carbocycles. The van der Waals surface area contributed by atoms with Crippen LogP contribution in [0.1, 0.15) is 28.9 Å². The van der Waals surface area contributed by atoms with Crippen molar-refractivity contribution in [2.45, 2.75) is 25.9 Å². The molecule has 2 N–H and O–H groups in total. The molecule has 0 radical (unpaired) electrons. The fourth-order valence-corrected chi connectivity index (χ4v) is 2.45. The van der Waals surface area contributed by atoms with Crippen LogP contribution in [0.4, 0.5) is 5.69 Å². The SMILES string of the molecule is Cc1cc(N2CCC(OCCO)CC2)c(C(=O)O)cn1. The predicted octanol–water partition coefficient (Wildman–Crippen LogP) is 1.07. The summed E-state index contributed by atoms with van der Waals surface area (Å²) >= 11 is 0. The Balaban J connectivity index is 2.06. The number of aliphatic hydroxyl groups excluding tert-OH is 1. The number of aromatic nitrogens is 1. The molecule has 1 aromatic heterocycles. The topological polar surface area (TPSA) is 82.9 Å². The number of aryl methyl sites for hydroxylation is 1. The van der Waals surface area contributed by atoms with Crippen molar-refractivity contribution in [3.63, 3.8) is 0 Å². The van der Waals surface area contributed by atoms with Crippen LogP contribution >= 0.6 is 0 Å². The highest BCUT2D eigenvalue weighted by atomic mass is 16.5. The van der Waals surface area contributed by atoms with Gasteiger partial charge < -0.3 is 19.8 Å². The normalized spacial score (nSPS) is 16.4. The van der Waals surface area contributed by atoms with Crippen LogP contribution in [0.15, 0.2) is 12.3 Å². The molecule has 1 saturated heterocycles. The molecule has 1 aliphatic rings. The third kappa shape index (κ3) is 3.46. The average Bonchev–Trinajstić information content (AvgIpc) is 2.45. The lowest BCUT2D eigenvalue weighted by Gasteiger charge is -2.34. The number of carboxylic acid groups (broad SMARTS) is 1. The zero-order valence-electron chi connectivity index (χ0n) is 11.6. The maximum Gasteiger partial charge on any atom is 0.339 e. The molecule has 0 aromatic carbocycles. The van der Waals surface area contributed by atoms with Gasteiger partial charge in [-0.3, -0.25) is 4.98 Å². The summed E-state index contributed by atoms with van der Waals surface area (Å²) in [7, 11) is 0. The summed E-state index contributed by atoms with van der Waals surface area (Å²) in [6.45, 7) is 3.75. The third-order valence-corrected chi connectivity index (χ3v) is 3.48. The zero-order valence-corrected chi connectivity index (χ0v) is 11.6. The van der Waals surface area contributed by atoms with Gasteiger partial charge in [0.2, 0.25) is 0 Å². The molecule has 6 heteroatoms. The van der Waals surface area contributed by atoms with Crippen LogP contribution < -0.4 is 4.90 Å². The summed E-state index contributed by atoms with van der Waals surface area (Å²) in [6.07, 6.45) is 3.23. The Bertz CT molecular complexity index is 470. The first-order valence-electron chi connectivity index (χ1n) is 6.79. The first kappa shape index (κ1) is 14.7. The van der Waals surface area contributed by atoms with Crippen LogP contribution in [0.3, 0.4) is 0 Å². The number of piperidine rings is 1. The van der Waals surface area contributed by atoms with E-state index in [0.29, 0.717) is 6.61 Å². The average molecular weight is 280 g/mol. The number of nitrogens with zero attached hydrogens (tertiary/aromatic N) is 2. The largest absolute Gasteiger partial charge is 0.478 e.